The maximum atomic E-state index is 6.23. The Morgan fingerprint density at radius 1 is 1.10 bits per heavy atom. The lowest BCUT2D eigenvalue weighted by Gasteiger charge is -2.25. The molecule has 0 aromatic heterocycles. The minimum absolute atomic E-state index is 0.219. The molecule has 2 heterocycles. The number of para-hydroxylation sites is 1. The zero-order valence-electron chi connectivity index (χ0n) is 10.7. The Bertz CT molecular complexity index is 754. The lowest BCUT2D eigenvalue weighted by atomic mass is 10.1. The molecule has 2 aromatic rings. The van der Waals surface area contributed by atoms with E-state index >= 15 is 0 Å². The van der Waals surface area contributed by atoms with Crippen LogP contribution in [0.2, 0.25) is 5.02 Å². The molecule has 2 aliphatic rings. The van der Waals surface area contributed by atoms with Gasteiger partial charge in [0, 0.05) is 22.7 Å². The Morgan fingerprint density at radius 2 is 2.00 bits per heavy atom. The van der Waals surface area contributed by atoms with E-state index in [0.29, 0.717) is 5.02 Å². The number of allylic oxidation sites excluding steroid dienone is 1. The summed E-state index contributed by atoms with van der Waals surface area (Å²) >= 11 is 6.04. The molecule has 98 valence electrons. The number of aliphatic imine (C=N–C) groups is 1. The van der Waals surface area contributed by atoms with Crippen molar-refractivity contribution in [3.8, 4) is 5.75 Å². The van der Waals surface area contributed by atoms with Gasteiger partial charge in [-0.15, -0.1) is 0 Å². The van der Waals surface area contributed by atoms with Crippen molar-refractivity contribution in [3.63, 3.8) is 0 Å². The summed E-state index contributed by atoms with van der Waals surface area (Å²) in [5.74, 6) is 0.730. The maximum Gasteiger partial charge on any atom is 0.243 e. The van der Waals surface area contributed by atoms with Crippen LogP contribution in [0.25, 0.3) is 0 Å². The molecular formula is C16H12ClN2O+. The van der Waals surface area contributed by atoms with Crippen LogP contribution in [0.5, 0.6) is 5.75 Å². The van der Waals surface area contributed by atoms with Crippen molar-refractivity contribution in [2.45, 2.75) is 6.42 Å². The molecule has 3 nitrogen and oxygen atoms in total. The molecule has 0 saturated carbocycles. The van der Waals surface area contributed by atoms with Gasteiger partial charge in [-0.25, -0.2) is 4.99 Å². The summed E-state index contributed by atoms with van der Waals surface area (Å²) in [6, 6.07) is 15.7. The highest BCUT2D eigenvalue weighted by molar-refractivity contribution is 6.30. The van der Waals surface area contributed by atoms with Gasteiger partial charge in [0.1, 0.15) is 0 Å². The Hall–Kier alpha value is -2.10. The minimum Gasteiger partial charge on any atom is -0.298 e. The first-order chi connectivity index (χ1) is 9.78. The molecule has 4 heteroatoms. The lowest BCUT2D eigenvalue weighted by Crippen LogP contribution is -2.46. The van der Waals surface area contributed by atoms with Gasteiger partial charge in [0.05, 0.1) is 12.6 Å². The van der Waals surface area contributed by atoms with Crippen LogP contribution in [-0.4, -0.2) is 6.34 Å². The van der Waals surface area contributed by atoms with Crippen molar-refractivity contribution in [2.75, 3.05) is 0 Å². The third-order valence-corrected chi connectivity index (χ3v) is 3.88. The highest BCUT2D eigenvalue weighted by Gasteiger charge is 2.48. The van der Waals surface area contributed by atoms with Crippen LogP contribution in [-0.2, 0) is 6.42 Å². The Balaban J connectivity index is 1.82. The van der Waals surface area contributed by atoms with E-state index in [1.54, 1.807) is 0 Å². The SMILES string of the molecule is Clc1cccc(O[N+]23C=NC=C2Cc2ccccc23)c1. The first-order valence-electron chi connectivity index (χ1n) is 6.44. The summed E-state index contributed by atoms with van der Waals surface area (Å²) in [4.78, 5) is 10.5. The number of hydroxylamine groups is 2. The standard InChI is InChI=1S/C16H12ClN2O/c17-13-5-3-6-15(9-13)20-19-11-18-10-14(19)8-12-4-1-2-7-16(12)19/h1-7,9-11H,8H2/q+1. The van der Waals surface area contributed by atoms with E-state index in [2.05, 4.69) is 23.2 Å². The van der Waals surface area contributed by atoms with Crippen LogP contribution >= 0.6 is 11.6 Å². The zero-order chi connectivity index (χ0) is 13.6. The molecular weight excluding hydrogens is 272 g/mol. The van der Waals surface area contributed by atoms with Crippen LogP contribution in [0.4, 0.5) is 5.69 Å². The molecule has 0 saturated heterocycles. The second kappa shape index (κ2) is 4.20. The fourth-order valence-electron chi connectivity index (χ4n) is 2.75. The van der Waals surface area contributed by atoms with Gasteiger partial charge in [-0.3, -0.25) is 4.84 Å². The molecule has 2 aromatic carbocycles. The molecule has 0 N–H and O–H groups in total. The predicted octanol–water partition coefficient (Wildman–Crippen LogP) is 4.08. The van der Waals surface area contributed by atoms with Gasteiger partial charge < -0.3 is 0 Å². The predicted molar refractivity (Wildman–Crippen MR) is 80.6 cm³/mol. The van der Waals surface area contributed by atoms with Gasteiger partial charge in [0.25, 0.3) is 0 Å². The molecule has 4 rings (SSSR count). The third-order valence-electron chi connectivity index (χ3n) is 3.65. The number of quaternary nitrogens is 1. The molecule has 1 atom stereocenters. The molecule has 0 fully saturated rings. The summed E-state index contributed by atoms with van der Waals surface area (Å²) < 4.78 is 0.219. The maximum absolute atomic E-state index is 6.23. The van der Waals surface area contributed by atoms with Gasteiger partial charge in [0.2, 0.25) is 6.34 Å². The molecule has 0 amide bonds. The van der Waals surface area contributed by atoms with Crippen LogP contribution in [0.15, 0.2) is 65.4 Å². The zero-order valence-corrected chi connectivity index (χ0v) is 11.4. The van der Waals surface area contributed by atoms with Crippen LogP contribution < -0.4 is 9.48 Å². The number of nitrogens with zero attached hydrogens (tertiary/aromatic N) is 2. The van der Waals surface area contributed by atoms with E-state index in [0.717, 1.165) is 23.6 Å². The second-order valence-corrected chi connectivity index (χ2v) is 5.33. The van der Waals surface area contributed by atoms with Gasteiger partial charge in [-0.05, 0) is 16.8 Å². The number of hydrogen-bond acceptors (Lipinski definition) is 2. The molecule has 1 unspecified atom stereocenters. The number of benzene rings is 2. The smallest absolute Gasteiger partial charge is 0.243 e. The van der Waals surface area contributed by atoms with Gasteiger partial charge in [-0.1, -0.05) is 35.9 Å². The second-order valence-electron chi connectivity index (χ2n) is 4.90. The van der Waals surface area contributed by atoms with E-state index in [4.69, 9.17) is 16.4 Å². The molecule has 0 spiro atoms. The first kappa shape index (κ1) is 11.7. The van der Waals surface area contributed by atoms with Crippen molar-refractivity contribution in [1.29, 1.82) is 0 Å². The highest BCUT2D eigenvalue weighted by atomic mass is 35.5. The van der Waals surface area contributed by atoms with Crippen LogP contribution in [0, 0.1) is 0 Å². The summed E-state index contributed by atoms with van der Waals surface area (Å²) in [6.07, 6.45) is 4.56. The average molecular weight is 284 g/mol. The molecule has 0 aliphatic carbocycles. The molecule has 20 heavy (non-hydrogen) atoms. The molecule has 0 bridgehead atoms. The number of fused-ring (bicyclic) bond motifs is 3. The van der Waals surface area contributed by atoms with Gasteiger partial charge in [-0.2, -0.15) is 0 Å². The fourth-order valence-corrected chi connectivity index (χ4v) is 2.93. The quantitative estimate of drug-likeness (QED) is 0.761. The lowest BCUT2D eigenvalue weighted by molar-refractivity contribution is 0.0762. The van der Waals surface area contributed by atoms with Gasteiger partial charge >= 0.3 is 0 Å². The fraction of sp³-hybridized carbons (Fsp3) is 0.0625. The summed E-state index contributed by atoms with van der Waals surface area (Å²) in [6.45, 7) is 0. The molecule has 0 radical (unpaired) electrons. The van der Waals surface area contributed by atoms with Crippen molar-refractivity contribution in [1.82, 2.24) is 4.65 Å². The normalized spacial score (nSPS) is 22.4. The number of hydrogen-bond donors (Lipinski definition) is 0. The van der Waals surface area contributed by atoms with Crippen molar-refractivity contribution < 1.29 is 4.84 Å². The molecule has 2 aliphatic heterocycles. The summed E-state index contributed by atoms with van der Waals surface area (Å²) in [5.41, 5.74) is 3.50. The monoisotopic (exact) mass is 283 g/mol. The number of rotatable bonds is 2. The Labute approximate surface area is 121 Å². The van der Waals surface area contributed by atoms with E-state index in [-0.39, 0.29) is 4.65 Å². The van der Waals surface area contributed by atoms with Crippen molar-refractivity contribution >= 4 is 23.6 Å². The topological polar surface area (TPSA) is 21.6 Å². The van der Waals surface area contributed by atoms with Crippen LogP contribution in [0.1, 0.15) is 5.56 Å². The van der Waals surface area contributed by atoms with E-state index in [1.807, 2.05) is 42.9 Å². The average Bonchev–Trinajstić information content (AvgIpc) is 2.94. The number of halogens is 1. The third kappa shape index (κ3) is 1.60. The van der Waals surface area contributed by atoms with E-state index < -0.39 is 0 Å². The highest BCUT2D eigenvalue weighted by Crippen LogP contribution is 2.43. The summed E-state index contributed by atoms with van der Waals surface area (Å²) in [7, 11) is 0. The van der Waals surface area contributed by atoms with Crippen molar-refractivity contribution in [3.05, 3.63) is 71.0 Å². The Morgan fingerprint density at radius 3 is 2.90 bits per heavy atom. The van der Waals surface area contributed by atoms with Crippen molar-refractivity contribution in [2.24, 2.45) is 4.99 Å². The first-order valence-corrected chi connectivity index (χ1v) is 6.82. The van der Waals surface area contributed by atoms with Gasteiger partial charge in [0.15, 0.2) is 17.1 Å². The van der Waals surface area contributed by atoms with Crippen LogP contribution in [0.3, 0.4) is 0 Å². The Kier molecular flexibility index (Phi) is 2.46. The largest absolute Gasteiger partial charge is 0.298 e. The summed E-state index contributed by atoms with van der Waals surface area (Å²) in [5, 5.41) is 0.662. The van der Waals surface area contributed by atoms with E-state index in [9.17, 15) is 0 Å². The van der Waals surface area contributed by atoms with E-state index in [1.165, 1.54) is 5.56 Å². The minimum atomic E-state index is 0.219.